The molecule has 1 aliphatic heterocycles. The van der Waals surface area contributed by atoms with Gasteiger partial charge in [0.2, 0.25) is 0 Å². The van der Waals surface area contributed by atoms with Crippen LogP contribution in [0.4, 0.5) is 5.69 Å². The number of carbonyl (C=O) groups is 1. The van der Waals surface area contributed by atoms with Gasteiger partial charge in [0.25, 0.3) is 0 Å². The Morgan fingerprint density at radius 2 is 2.20 bits per heavy atom. The molecule has 0 aliphatic carbocycles. The summed E-state index contributed by atoms with van der Waals surface area (Å²) in [5, 5.41) is 3.43. The smallest absolute Gasteiger partial charge is 0.338 e. The van der Waals surface area contributed by atoms with Gasteiger partial charge in [0.1, 0.15) is 0 Å². The maximum absolute atomic E-state index is 11.6. The average molecular weight is 342 g/mol. The lowest BCUT2D eigenvalue weighted by atomic mass is 10.0. The van der Waals surface area contributed by atoms with Crippen molar-refractivity contribution in [2.75, 3.05) is 31.7 Å². The van der Waals surface area contributed by atoms with Gasteiger partial charge in [-0.3, -0.25) is 0 Å². The number of nitrogens with one attached hydrogen (secondary N) is 1. The van der Waals surface area contributed by atoms with E-state index in [9.17, 15) is 4.79 Å². The average Bonchev–Trinajstić information content (AvgIpc) is 2.47. The molecule has 0 bridgehead atoms. The van der Waals surface area contributed by atoms with Gasteiger partial charge in [0.15, 0.2) is 0 Å². The number of rotatable bonds is 5. The molecule has 1 saturated heterocycles. The van der Waals surface area contributed by atoms with E-state index in [0.29, 0.717) is 18.1 Å². The fourth-order valence-corrected chi connectivity index (χ4v) is 2.72. The fourth-order valence-electron chi connectivity index (χ4n) is 2.20. The van der Waals surface area contributed by atoms with Crippen molar-refractivity contribution >= 4 is 27.6 Å². The summed E-state index contributed by atoms with van der Waals surface area (Å²) in [6.45, 7) is 4.84. The van der Waals surface area contributed by atoms with Crippen LogP contribution in [0.1, 0.15) is 30.1 Å². The zero-order valence-electron chi connectivity index (χ0n) is 11.7. The first kappa shape index (κ1) is 15.3. The Labute approximate surface area is 128 Å². The highest BCUT2D eigenvalue weighted by Gasteiger charge is 2.14. The molecule has 0 unspecified atom stereocenters. The topological polar surface area (TPSA) is 47.6 Å². The lowest BCUT2D eigenvalue weighted by Crippen LogP contribution is -2.22. The van der Waals surface area contributed by atoms with Gasteiger partial charge in [0.05, 0.1) is 12.2 Å². The number of benzene rings is 1. The van der Waals surface area contributed by atoms with Crippen LogP contribution >= 0.6 is 15.9 Å². The quantitative estimate of drug-likeness (QED) is 0.833. The number of anilines is 1. The number of hydrogen-bond donors (Lipinski definition) is 1. The molecule has 1 heterocycles. The zero-order valence-corrected chi connectivity index (χ0v) is 13.2. The first-order valence-corrected chi connectivity index (χ1v) is 7.78. The molecule has 110 valence electrons. The second-order valence-corrected chi connectivity index (χ2v) is 5.71. The van der Waals surface area contributed by atoms with Crippen LogP contribution in [0.2, 0.25) is 0 Å². The maximum Gasteiger partial charge on any atom is 0.338 e. The van der Waals surface area contributed by atoms with Crippen LogP contribution in [0, 0.1) is 5.92 Å². The van der Waals surface area contributed by atoms with Crippen LogP contribution in [0.3, 0.4) is 0 Å². The molecule has 20 heavy (non-hydrogen) atoms. The van der Waals surface area contributed by atoms with Crippen molar-refractivity contribution in [3.63, 3.8) is 0 Å². The predicted octanol–water partition coefficient (Wildman–Crippen LogP) is 3.46. The summed E-state index contributed by atoms with van der Waals surface area (Å²) in [4.78, 5) is 11.6. The third kappa shape index (κ3) is 4.21. The van der Waals surface area contributed by atoms with Gasteiger partial charge < -0.3 is 14.8 Å². The van der Waals surface area contributed by atoms with Gasteiger partial charge in [0, 0.05) is 29.9 Å². The van der Waals surface area contributed by atoms with Gasteiger partial charge in [-0.1, -0.05) is 0 Å². The molecule has 1 fully saturated rings. The van der Waals surface area contributed by atoms with E-state index in [1.165, 1.54) is 0 Å². The van der Waals surface area contributed by atoms with Gasteiger partial charge in [-0.25, -0.2) is 4.79 Å². The van der Waals surface area contributed by atoms with Gasteiger partial charge in [-0.05, 0) is 59.8 Å². The number of esters is 1. The Kier molecular flexibility index (Phi) is 5.86. The molecule has 1 aromatic rings. The minimum Gasteiger partial charge on any atom is -0.462 e. The maximum atomic E-state index is 11.6. The first-order valence-electron chi connectivity index (χ1n) is 6.99. The number of halogens is 1. The number of hydrogen-bond acceptors (Lipinski definition) is 4. The lowest BCUT2D eigenvalue weighted by molar-refractivity contribution is 0.0526. The van der Waals surface area contributed by atoms with Crippen LogP contribution in [0.25, 0.3) is 0 Å². The minimum atomic E-state index is -0.288. The third-order valence-corrected chi connectivity index (χ3v) is 4.06. The molecule has 0 spiro atoms. The summed E-state index contributed by atoms with van der Waals surface area (Å²) in [6.07, 6.45) is 2.21. The summed E-state index contributed by atoms with van der Waals surface area (Å²) in [5.74, 6) is 0.365. The molecule has 0 aromatic heterocycles. The molecule has 1 aliphatic rings. The fraction of sp³-hybridized carbons (Fsp3) is 0.533. The van der Waals surface area contributed by atoms with Gasteiger partial charge in [-0.15, -0.1) is 0 Å². The standard InChI is InChI=1S/C15H20BrNO3/c1-2-20-15(18)12-3-4-14(13(16)9-12)17-10-11-5-7-19-8-6-11/h3-4,9,11,17H,2,5-8,10H2,1H3. The number of ether oxygens (including phenoxy) is 2. The van der Waals surface area contributed by atoms with Crippen molar-refractivity contribution in [1.29, 1.82) is 0 Å². The van der Waals surface area contributed by atoms with Crippen LogP contribution in [0.15, 0.2) is 22.7 Å². The van der Waals surface area contributed by atoms with Crippen molar-refractivity contribution in [3.05, 3.63) is 28.2 Å². The summed E-state index contributed by atoms with van der Waals surface area (Å²) in [7, 11) is 0. The van der Waals surface area contributed by atoms with Crippen molar-refractivity contribution in [3.8, 4) is 0 Å². The Morgan fingerprint density at radius 3 is 2.85 bits per heavy atom. The van der Waals surface area contributed by atoms with E-state index in [2.05, 4.69) is 21.2 Å². The van der Waals surface area contributed by atoms with Gasteiger partial charge >= 0.3 is 5.97 Å². The van der Waals surface area contributed by atoms with Crippen LogP contribution < -0.4 is 5.32 Å². The highest BCUT2D eigenvalue weighted by atomic mass is 79.9. The highest BCUT2D eigenvalue weighted by molar-refractivity contribution is 9.10. The van der Waals surface area contributed by atoms with E-state index < -0.39 is 0 Å². The van der Waals surface area contributed by atoms with Crippen LogP contribution in [-0.2, 0) is 9.47 Å². The second-order valence-electron chi connectivity index (χ2n) is 4.85. The second kappa shape index (κ2) is 7.64. The van der Waals surface area contributed by atoms with E-state index in [4.69, 9.17) is 9.47 Å². The van der Waals surface area contributed by atoms with E-state index in [1.54, 1.807) is 19.1 Å². The van der Waals surface area contributed by atoms with E-state index in [0.717, 1.165) is 42.8 Å². The summed E-state index contributed by atoms with van der Waals surface area (Å²) in [6, 6.07) is 5.50. The van der Waals surface area contributed by atoms with E-state index in [-0.39, 0.29) is 5.97 Å². The van der Waals surface area contributed by atoms with Crippen molar-refractivity contribution < 1.29 is 14.3 Å². The van der Waals surface area contributed by atoms with Gasteiger partial charge in [-0.2, -0.15) is 0 Å². The molecule has 4 nitrogen and oxygen atoms in total. The largest absolute Gasteiger partial charge is 0.462 e. The first-order chi connectivity index (χ1) is 9.70. The number of carbonyl (C=O) groups excluding carboxylic acids is 1. The monoisotopic (exact) mass is 341 g/mol. The summed E-state index contributed by atoms with van der Waals surface area (Å²) >= 11 is 3.50. The molecule has 5 heteroatoms. The van der Waals surface area contributed by atoms with E-state index >= 15 is 0 Å². The lowest BCUT2D eigenvalue weighted by Gasteiger charge is -2.23. The minimum absolute atomic E-state index is 0.288. The molecule has 1 N–H and O–H groups in total. The molecule has 0 radical (unpaired) electrons. The predicted molar refractivity (Wildman–Crippen MR) is 82.1 cm³/mol. The van der Waals surface area contributed by atoms with Crippen LogP contribution in [0.5, 0.6) is 0 Å². The Bertz CT molecular complexity index is 458. The molecule has 2 rings (SSSR count). The Hall–Kier alpha value is -1.07. The van der Waals surface area contributed by atoms with E-state index in [1.807, 2.05) is 6.07 Å². The third-order valence-electron chi connectivity index (χ3n) is 3.40. The van der Waals surface area contributed by atoms with Crippen molar-refractivity contribution in [2.45, 2.75) is 19.8 Å². The summed E-state index contributed by atoms with van der Waals surface area (Å²) in [5.41, 5.74) is 1.57. The molecule has 0 saturated carbocycles. The summed E-state index contributed by atoms with van der Waals surface area (Å²) < 4.78 is 11.2. The Balaban J connectivity index is 1.93. The van der Waals surface area contributed by atoms with Crippen molar-refractivity contribution in [1.82, 2.24) is 0 Å². The zero-order chi connectivity index (χ0) is 14.4. The van der Waals surface area contributed by atoms with Crippen molar-refractivity contribution in [2.24, 2.45) is 5.92 Å². The SMILES string of the molecule is CCOC(=O)c1ccc(NCC2CCOCC2)c(Br)c1. The molecular formula is C15H20BrNO3. The molecular weight excluding hydrogens is 322 g/mol. The van der Waals surface area contributed by atoms with Crippen LogP contribution in [-0.4, -0.2) is 32.3 Å². The molecule has 0 amide bonds. The normalized spacial score (nSPS) is 15.9. The Morgan fingerprint density at radius 1 is 1.45 bits per heavy atom. The molecule has 1 aromatic carbocycles. The molecule has 0 atom stereocenters. The highest BCUT2D eigenvalue weighted by Crippen LogP contribution is 2.25.